The van der Waals surface area contributed by atoms with E-state index in [1.54, 1.807) is 0 Å². The van der Waals surface area contributed by atoms with Crippen LogP contribution >= 0.6 is 0 Å². The van der Waals surface area contributed by atoms with Crippen LogP contribution in [0.3, 0.4) is 0 Å². The first-order chi connectivity index (χ1) is 33.5. The van der Waals surface area contributed by atoms with Gasteiger partial charge < -0.3 is 14.2 Å². The van der Waals surface area contributed by atoms with Gasteiger partial charge in [0, 0.05) is 19.3 Å². The Morgan fingerprint density at radius 3 is 0.868 bits per heavy atom. The number of esters is 3. The highest BCUT2D eigenvalue weighted by molar-refractivity contribution is 5.71. The van der Waals surface area contributed by atoms with Crippen LogP contribution < -0.4 is 0 Å². The molecule has 0 aromatic rings. The monoisotopic (exact) mass is 955 g/mol. The minimum atomic E-state index is -0.780. The molecular weight excluding hydrogens is 841 g/mol. The molecule has 0 aliphatic carbocycles. The molecule has 0 aliphatic heterocycles. The molecule has 0 spiro atoms. The Hall–Kier alpha value is -2.37. The summed E-state index contributed by atoms with van der Waals surface area (Å²) in [5.41, 5.74) is 0. The SMILES string of the molecule is CCCC/C=C\C/C=C\CCCCCCCC(=O)OCC(COC(=O)CCCCCCCCCCCCCCCCCCCCCC)OC(=O)CCCCCCC/C=C\CCCCCCCCC. The lowest BCUT2D eigenvalue weighted by Gasteiger charge is -2.18. The molecule has 6 nitrogen and oxygen atoms in total. The van der Waals surface area contributed by atoms with E-state index >= 15 is 0 Å². The van der Waals surface area contributed by atoms with Gasteiger partial charge in [-0.15, -0.1) is 0 Å². The van der Waals surface area contributed by atoms with Gasteiger partial charge in [-0.2, -0.15) is 0 Å². The zero-order chi connectivity index (χ0) is 49.3. The van der Waals surface area contributed by atoms with E-state index in [2.05, 4.69) is 57.2 Å². The van der Waals surface area contributed by atoms with Gasteiger partial charge in [-0.1, -0.05) is 269 Å². The molecule has 6 heteroatoms. The summed E-state index contributed by atoms with van der Waals surface area (Å²) in [4.78, 5) is 38.2. The number of allylic oxidation sites excluding steroid dienone is 6. The smallest absolute Gasteiger partial charge is 0.306 e. The first kappa shape index (κ1) is 65.6. The molecule has 0 heterocycles. The molecule has 1 atom stereocenters. The van der Waals surface area contributed by atoms with Crippen molar-refractivity contribution in [2.75, 3.05) is 13.2 Å². The molecule has 0 N–H and O–H groups in total. The van der Waals surface area contributed by atoms with Crippen molar-refractivity contribution in [2.45, 2.75) is 329 Å². The van der Waals surface area contributed by atoms with Crippen LogP contribution in [0.1, 0.15) is 323 Å². The van der Waals surface area contributed by atoms with Crippen molar-refractivity contribution in [3.8, 4) is 0 Å². The van der Waals surface area contributed by atoms with E-state index in [0.717, 1.165) is 83.5 Å². The van der Waals surface area contributed by atoms with E-state index in [9.17, 15) is 14.4 Å². The normalized spacial score (nSPS) is 12.2. The summed E-state index contributed by atoms with van der Waals surface area (Å²) >= 11 is 0. The topological polar surface area (TPSA) is 78.9 Å². The van der Waals surface area contributed by atoms with Crippen LogP contribution in [0.4, 0.5) is 0 Å². The van der Waals surface area contributed by atoms with Gasteiger partial charge in [-0.25, -0.2) is 0 Å². The highest BCUT2D eigenvalue weighted by atomic mass is 16.6. The second-order valence-corrected chi connectivity index (χ2v) is 20.3. The lowest BCUT2D eigenvalue weighted by molar-refractivity contribution is -0.167. The van der Waals surface area contributed by atoms with Gasteiger partial charge in [-0.05, 0) is 70.6 Å². The Morgan fingerprint density at radius 2 is 0.544 bits per heavy atom. The second-order valence-electron chi connectivity index (χ2n) is 20.3. The van der Waals surface area contributed by atoms with Crippen molar-refractivity contribution in [3.05, 3.63) is 36.5 Å². The van der Waals surface area contributed by atoms with E-state index in [1.807, 2.05) is 0 Å². The molecule has 0 rings (SSSR count). The third-order valence-corrected chi connectivity index (χ3v) is 13.4. The third kappa shape index (κ3) is 54.6. The Morgan fingerprint density at radius 1 is 0.294 bits per heavy atom. The maximum Gasteiger partial charge on any atom is 0.306 e. The van der Waals surface area contributed by atoms with Crippen LogP contribution in [0.15, 0.2) is 36.5 Å². The molecule has 398 valence electrons. The van der Waals surface area contributed by atoms with Crippen molar-refractivity contribution in [2.24, 2.45) is 0 Å². The number of carbonyl (C=O) groups is 3. The maximum absolute atomic E-state index is 12.9. The Bertz CT molecular complexity index is 1140. The average molecular weight is 956 g/mol. The molecule has 1 unspecified atom stereocenters. The highest BCUT2D eigenvalue weighted by Gasteiger charge is 2.19. The van der Waals surface area contributed by atoms with E-state index in [0.29, 0.717) is 19.3 Å². The van der Waals surface area contributed by atoms with Crippen LogP contribution in [0.5, 0.6) is 0 Å². The molecule has 0 bridgehead atoms. The quantitative estimate of drug-likeness (QED) is 0.0262. The number of hydrogen-bond donors (Lipinski definition) is 0. The predicted octanol–water partition coefficient (Wildman–Crippen LogP) is 20.0. The number of carbonyl (C=O) groups excluding carboxylic acids is 3. The van der Waals surface area contributed by atoms with Crippen LogP contribution in [0, 0.1) is 0 Å². The van der Waals surface area contributed by atoms with Gasteiger partial charge in [-0.3, -0.25) is 14.4 Å². The van der Waals surface area contributed by atoms with Crippen molar-refractivity contribution in [3.63, 3.8) is 0 Å². The summed E-state index contributed by atoms with van der Waals surface area (Å²) < 4.78 is 16.9. The van der Waals surface area contributed by atoms with Crippen molar-refractivity contribution in [1.29, 1.82) is 0 Å². The van der Waals surface area contributed by atoms with Gasteiger partial charge in [0.1, 0.15) is 13.2 Å². The summed E-state index contributed by atoms with van der Waals surface area (Å²) in [7, 11) is 0. The Kier molecular flexibility index (Phi) is 55.2. The molecule has 0 aromatic carbocycles. The Labute approximate surface area is 423 Å². The first-order valence-corrected chi connectivity index (χ1v) is 30.0. The minimum absolute atomic E-state index is 0.0763. The molecule has 0 amide bonds. The fourth-order valence-corrected chi connectivity index (χ4v) is 8.81. The molecule has 0 saturated heterocycles. The first-order valence-electron chi connectivity index (χ1n) is 30.0. The van der Waals surface area contributed by atoms with E-state index < -0.39 is 6.10 Å². The Balaban J connectivity index is 4.33. The predicted molar refractivity (Wildman–Crippen MR) is 293 cm³/mol. The van der Waals surface area contributed by atoms with Gasteiger partial charge in [0.15, 0.2) is 6.10 Å². The lowest BCUT2D eigenvalue weighted by atomic mass is 10.0. The van der Waals surface area contributed by atoms with E-state index in [-0.39, 0.29) is 31.1 Å². The highest BCUT2D eigenvalue weighted by Crippen LogP contribution is 2.17. The molecule has 0 aromatic heterocycles. The summed E-state index contributed by atoms with van der Waals surface area (Å²) in [6, 6.07) is 0. The van der Waals surface area contributed by atoms with Crippen LogP contribution in [0.2, 0.25) is 0 Å². The summed E-state index contributed by atoms with van der Waals surface area (Å²) in [5, 5.41) is 0. The average Bonchev–Trinajstić information content (AvgIpc) is 3.34. The van der Waals surface area contributed by atoms with E-state index in [1.165, 1.54) is 199 Å². The van der Waals surface area contributed by atoms with Crippen molar-refractivity contribution >= 4 is 17.9 Å². The second kappa shape index (κ2) is 57.2. The standard InChI is InChI=1S/C62H114O6/c1-4-7-10-13-16-19-22-25-28-30-31-32-33-35-37-40-43-46-49-52-55-61(64)67-58-59(57-66-60(63)54-51-48-45-42-39-36-27-24-21-18-15-12-9-6-3)68-62(65)56-53-50-47-44-41-38-34-29-26-23-20-17-14-11-8-5-2/h15,18,24,27,29,34,59H,4-14,16-17,19-23,25-26,28,30-33,35-58H2,1-3H3/b18-15-,27-24-,34-29-. The number of rotatable bonds is 55. The largest absolute Gasteiger partial charge is 0.462 e. The van der Waals surface area contributed by atoms with Crippen LogP contribution in [-0.4, -0.2) is 37.2 Å². The molecule has 0 fully saturated rings. The van der Waals surface area contributed by atoms with Gasteiger partial charge >= 0.3 is 17.9 Å². The van der Waals surface area contributed by atoms with Crippen molar-refractivity contribution in [1.82, 2.24) is 0 Å². The zero-order valence-electron chi connectivity index (χ0n) is 45.6. The third-order valence-electron chi connectivity index (χ3n) is 13.4. The van der Waals surface area contributed by atoms with Gasteiger partial charge in [0.25, 0.3) is 0 Å². The summed E-state index contributed by atoms with van der Waals surface area (Å²) in [6.07, 6.45) is 68.5. The molecule has 0 aliphatic rings. The van der Waals surface area contributed by atoms with Crippen molar-refractivity contribution < 1.29 is 28.6 Å². The molecular formula is C62H114O6. The number of hydrogen-bond acceptors (Lipinski definition) is 6. The fraction of sp³-hybridized carbons (Fsp3) is 0.855. The number of unbranched alkanes of at least 4 members (excludes halogenated alkanes) is 38. The number of ether oxygens (including phenoxy) is 3. The van der Waals surface area contributed by atoms with Gasteiger partial charge in [0.05, 0.1) is 0 Å². The summed E-state index contributed by atoms with van der Waals surface area (Å²) in [5.74, 6) is -0.880. The van der Waals surface area contributed by atoms with Crippen LogP contribution in [0.25, 0.3) is 0 Å². The minimum Gasteiger partial charge on any atom is -0.462 e. The van der Waals surface area contributed by atoms with Crippen LogP contribution in [-0.2, 0) is 28.6 Å². The van der Waals surface area contributed by atoms with E-state index in [4.69, 9.17) is 14.2 Å². The molecule has 0 saturated carbocycles. The maximum atomic E-state index is 12.9. The summed E-state index contributed by atoms with van der Waals surface area (Å²) in [6.45, 7) is 6.63. The molecule has 68 heavy (non-hydrogen) atoms. The fourth-order valence-electron chi connectivity index (χ4n) is 8.81. The lowest BCUT2D eigenvalue weighted by Crippen LogP contribution is -2.30. The van der Waals surface area contributed by atoms with Gasteiger partial charge in [0.2, 0.25) is 0 Å². The zero-order valence-corrected chi connectivity index (χ0v) is 45.6. The molecule has 0 radical (unpaired) electrons.